The summed E-state index contributed by atoms with van der Waals surface area (Å²) < 4.78 is 5.62. The molecule has 0 heterocycles. The van der Waals surface area contributed by atoms with Gasteiger partial charge in [-0.2, -0.15) is 0 Å². The van der Waals surface area contributed by atoms with Gasteiger partial charge in [-0.15, -0.1) is 0 Å². The minimum Gasteiger partial charge on any atom is -0.478 e. The molecule has 0 bridgehead atoms. The molecule has 0 aromatic rings. The van der Waals surface area contributed by atoms with Gasteiger partial charge in [0, 0.05) is 6.08 Å². The predicted octanol–water partition coefficient (Wildman–Crippen LogP) is 2.86. The molecule has 0 aliphatic rings. The molecule has 0 unspecified atom stereocenters. The average molecular weight is 202 g/mol. The van der Waals surface area contributed by atoms with Crippen LogP contribution in [0.4, 0.5) is 0 Å². The normalized spacial score (nSPS) is 11.3. The Morgan fingerprint density at radius 2 is 1.36 bits per heavy atom. The molecule has 0 fully saturated rings. The molecule has 0 rings (SSSR count). The van der Waals surface area contributed by atoms with Crippen molar-refractivity contribution in [2.24, 2.45) is 0 Å². The molecule has 0 amide bonds. The van der Waals surface area contributed by atoms with Crippen LogP contribution in [0.25, 0.3) is 0 Å². The van der Waals surface area contributed by atoms with E-state index >= 15 is 0 Å². The fourth-order valence-electron chi connectivity index (χ4n) is 0.919. The van der Waals surface area contributed by atoms with E-state index in [0.29, 0.717) is 0 Å². The Bertz CT molecular complexity index is 170. The fourth-order valence-corrected chi connectivity index (χ4v) is 0.919. The first-order valence-electron chi connectivity index (χ1n) is 4.53. The van der Waals surface area contributed by atoms with Crippen molar-refractivity contribution in [1.82, 2.24) is 0 Å². The SMILES string of the molecule is C=CC(=O)O.CC(C)(C)OC(C)(C)C. The smallest absolute Gasteiger partial charge is 0.327 e. The highest BCUT2D eigenvalue weighted by Gasteiger charge is 2.19. The average Bonchev–Trinajstić information content (AvgIpc) is 1.80. The molecule has 3 nitrogen and oxygen atoms in total. The molecule has 0 atom stereocenters. The lowest BCUT2D eigenvalue weighted by molar-refractivity contribution is -0.131. The van der Waals surface area contributed by atoms with E-state index < -0.39 is 5.97 Å². The molecule has 0 saturated carbocycles. The Labute approximate surface area is 86.8 Å². The summed E-state index contributed by atoms with van der Waals surface area (Å²) >= 11 is 0. The van der Waals surface area contributed by atoms with Crippen LogP contribution >= 0.6 is 0 Å². The summed E-state index contributed by atoms with van der Waals surface area (Å²) in [5.74, 6) is -0.981. The van der Waals surface area contributed by atoms with Crippen molar-refractivity contribution >= 4 is 5.97 Å². The molecule has 0 radical (unpaired) electrons. The van der Waals surface area contributed by atoms with Crippen molar-refractivity contribution in [3.8, 4) is 0 Å². The molecule has 0 aromatic carbocycles. The highest BCUT2D eigenvalue weighted by molar-refractivity contribution is 5.78. The molecular formula is C11H22O3. The highest BCUT2D eigenvalue weighted by atomic mass is 16.5. The van der Waals surface area contributed by atoms with Crippen LogP contribution in [-0.4, -0.2) is 22.3 Å². The van der Waals surface area contributed by atoms with Gasteiger partial charge in [0.15, 0.2) is 0 Å². The minimum absolute atomic E-state index is 0.0156. The van der Waals surface area contributed by atoms with E-state index in [9.17, 15) is 4.79 Å². The summed E-state index contributed by atoms with van der Waals surface area (Å²) in [5, 5.41) is 7.60. The number of ether oxygens (including phenoxy) is 1. The number of hydrogen-bond donors (Lipinski definition) is 1. The van der Waals surface area contributed by atoms with Gasteiger partial charge in [0.25, 0.3) is 0 Å². The quantitative estimate of drug-likeness (QED) is 0.665. The van der Waals surface area contributed by atoms with Gasteiger partial charge in [0.05, 0.1) is 11.2 Å². The molecule has 0 aromatic heterocycles. The van der Waals surface area contributed by atoms with Gasteiger partial charge in [-0.3, -0.25) is 0 Å². The van der Waals surface area contributed by atoms with Gasteiger partial charge in [0.2, 0.25) is 0 Å². The third-order valence-corrected chi connectivity index (χ3v) is 0.787. The first kappa shape index (κ1) is 15.6. The van der Waals surface area contributed by atoms with E-state index in [1.54, 1.807) is 0 Å². The van der Waals surface area contributed by atoms with Crippen LogP contribution in [0.2, 0.25) is 0 Å². The lowest BCUT2D eigenvalue weighted by Gasteiger charge is -2.30. The van der Waals surface area contributed by atoms with E-state index in [-0.39, 0.29) is 11.2 Å². The van der Waals surface area contributed by atoms with Gasteiger partial charge in [-0.1, -0.05) is 6.58 Å². The summed E-state index contributed by atoms with van der Waals surface area (Å²) in [7, 11) is 0. The van der Waals surface area contributed by atoms with Gasteiger partial charge in [-0.05, 0) is 41.5 Å². The molecule has 0 aliphatic carbocycles. The van der Waals surface area contributed by atoms with Gasteiger partial charge in [0.1, 0.15) is 0 Å². The summed E-state index contributed by atoms with van der Waals surface area (Å²) in [6.45, 7) is 15.4. The summed E-state index contributed by atoms with van der Waals surface area (Å²) in [6.07, 6.45) is 0.833. The van der Waals surface area contributed by atoms with E-state index in [2.05, 4.69) is 48.1 Å². The van der Waals surface area contributed by atoms with E-state index in [0.717, 1.165) is 6.08 Å². The lowest BCUT2D eigenvalue weighted by Crippen LogP contribution is -2.31. The third-order valence-electron chi connectivity index (χ3n) is 0.787. The van der Waals surface area contributed by atoms with Gasteiger partial charge < -0.3 is 9.84 Å². The second-order valence-electron chi connectivity index (χ2n) is 4.87. The molecule has 84 valence electrons. The van der Waals surface area contributed by atoms with Crippen molar-refractivity contribution in [3.05, 3.63) is 12.7 Å². The van der Waals surface area contributed by atoms with E-state index in [1.165, 1.54) is 0 Å². The maximum atomic E-state index is 9.25. The lowest BCUT2D eigenvalue weighted by atomic mass is 10.1. The molecule has 0 aliphatic heterocycles. The van der Waals surface area contributed by atoms with E-state index in [1.807, 2.05) is 0 Å². The molecule has 0 spiro atoms. The van der Waals surface area contributed by atoms with Crippen LogP contribution in [0, 0.1) is 0 Å². The maximum Gasteiger partial charge on any atom is 0.327 e. The monoisotopic (exact) mass is 202 g/mol. The Morgan fingerprint density at radius 3 is 1.36 bits per heavy atom. The number of hydrogen-bond acceptors (Lipinski definition) is 2. The molecule has 3 heteroatoms. The second kappa shape index (κ2) is 5.81. The first-order chi connectivity index (χ1) is 5.98. The van der Waals surface area contributed by atoms with E-state index in [4.69, 9.17) is 9.84 Å². The zero-order valence-corrected chi connectivity index (χ0v) is 10.0. The van der Waals surface area contributed by atoms with Crippen LogP contribution in [0.3, 0.4) is 0 Å². The molecule has 1 N–H and O–H groups in total. The van der Waals surface area contributed by atoms with Crippen molar-refractivity contribution in [1.29, 1.82) is 0 Å². The largest absolute Gasteiger partial charge is 0.478 e. The molecular weight excluding hydrogens is 180 g/mol. The molecule has 14 heavy (non-hydrogen) atoms. The second-order valence-corrected chi connectivity index (χ2v) is 4.87. The Kier molecular flexibility index (Phi) is 6.48. The van der Waals surface area contributed by atoms with Gasteiger partial charge >= 0.3 is 5.97 Å². The Balaban J connectivity index is 0. The van der Waals surface area contributed by atoms with Crippen molar-refractivity contribution in [3.63, 3.8) is 0 Å². The zero-order chi connectivity index (χ0) is 12.0. The number of carboxylic acids is 1. The predicted molar refractivity (Wildman–Crippen MR) is 58.4 cm³/mol. The van der Waals surface area contributed by atoms with Crippen LogP contribution < -0.4 is 0 Å². The van der Waals surface area contributed by atoms with Crippen LogP contribution in [0.1, 0.15) is 41.5 Å². The zero-order valence-electron chi connectivity index (χ0n) is 10.0. The Hall–Kier alpha value is -0.830. The number of rotatable bonds is 1. The highest BCUT2D eigenvalue weighted by Crippen LogP contribution is 2.17. The van der Waals surface area contributed by atoms with Crippen LogP contribution in [-0.2, 0) is 9.53 Å². The number of aliphatic carboxylic acids is 1. The number of carbonyl (C=O) groups is 1. The first-order valence-corrected chi connectivity index (χ1v) is 4.53. The standard InChI is InChI=1S/C8H18O.C3H4O2/c1-7(2,3)9-8(4,5)6;1-2-3(4)5/h1-6H3;2H,1H2,(H,4,5). The topological polar surface area (TPSA) is 46.5 Å². The maximum absolute atomic E-state index is 9.25. The summed E-state index contributed by atoms with van der Waals surface area (Å²) in [5.41, 5.74) is -0.0312. The molecule has 0 saturated heterocycles. The minimum atomic E-state index is -0.981. The van der Waals surface area contributed by atoms with Crippen molar-refractivity contribution < 1.29 is 14.6 Å². The van der Waals surface area contributed by atoms with Crippen LogP contribution in [0.15, 0.2) is 12.7 Å². The van der Waals surface area contributed by atoms with Gasteiger partial charge in [-0.25, -0.2) is 4.79 Å². The summed E-state index contributed by atoms with van der Waals surface area (Å²) in [6, 6.07) is 0. The third kappa shape index (κ3) is 22.5. The van der Waals surface area contributed by atoms with Crippen molar-refractivity contribution in [2.45, 2.75) is 52.7 Å². The Morgan fingerprint density at radius 1 is 1.14 bits per heavy atom. The fraction of sp³-hybridized carbons (Fsp3) is 0.727. The van der Waals surface area contributed by atoms with Crippen LogP contribution in [0.5, 0.6) is 0 Å². The van der Waals surface area contributed by atoms with Crippen molar-refractivity contribution in [2.75, 3.05) is 0 Å². The number of carboxylic acid groups (broad SMARTS) is 1. The summed E-state index contributed by atoms with van der Waals surface area (Å²) in [4.78, 5) is 9.25.